The fraction of sp³-hybridized carbons (Fsp3) is 0.0556. The second kappa shape index (κ2) is 7.04. The zero-order valence-electron chi connectivity index (χ0n) is 13.9. The number of thioether (sulfide) groups is 1. The van der Waals surface area contributed by atoms with Crippen LogP contribution >= 0.6 is 11.8 Å². The summed E-state index contributed by atoms with van der Waals surface area (Å²) in [6, 6.07) is 15.8. The first-order valence-electron chi connectivity index (χ1n) is 8.01. The van der Waals surface area contributed by atoms with Gasteiger partial charge in [0, 0.05) is 17.9 Å². The standard InChI is InChI=1S/C18H13N5O3S/c24-17-15-10-19-22(13-6-8-14(9-7-13)23(25)26)16(15)20-18(21-17)27-11-12-4-2-1-3-5-12/h1-10H,11H2,(H,20,21,24). The maximum atomic E-state index is 12.3. The SMILES string of the molecule is O=c1[nH]c(SCc2ccccc2)nc2c1cnn2-c1ccc([N+](=O)[O-])cc1. The Morgan fingerprint density at radius 3 is 2.56 bits per heavy atom. The van der Waals surface area contributed by atoms with Gasteiger partial charge in [0.05, 0.1) is 16.8 Å². The van der Waals surface area contributed by atoms with Crippen LogP contribution in [0, 0.1) is 10.1 Å². The van der Waals surface area contributed by atoms with Gasteiger partial charge in [-0.05, 0) is 17.7 Å². The van der Waals surface area contributed by atoms with Crippen LogP contribution in [0.25, 0.3) is 16.7 Å². The molecule has 2 heterocycles. The number of nitrogens with zero attached hydrogens (tertiary/aromatic N) is 4. The van der Waals surface area contributed by atoms with Crippen molar-refractivity contribution in [3.63, 3.8) is 0 Å². The molecule has 0 aliphatic heterocycles. The third-order valence-electron chi connectivity index (χ3n) is 3.94. The molecule has 0 atom stereocenters. The summed E-state index contributed by atoms with van der Waals surface area (Å²) < 4.78 is 1.50. The van der Waals surface area contributed by atoms with E-state index in [4.69, 9.17) is 0 Å². The van der Waals surface area contributed by atoms with E-state index in [9.17, 15) is 14.9 Å². The molecule has 0 spiro atoms. The summed E-state index contributed by atoms with van der Waals surface area (Å²) in [4.78, 5) is 30.0. The van der Waals surface area contributed by atoms with Gasteiger partial charge >= 0.3 is 0 Å². The van der Waals surface area contributed by atoms with Crippen LogP contribution in [0.2, 0.25) is 0 Å². The first-order chi connectivity index (χ1) is 13.1. The molecule has 0 aliphatic carbocycles. The molecule has 8 nitrogen and oxygen atoms in total. The van der Waals surface area contributed by atoms with Gasteiger partial charge in [-0.1, -0.05) is 42.1 Å². The fourth-order valence-electron chi connectivity index (χ4n) is 2.60. The van der Waals surface area contributed by atoms with Crippen molar-refractivity contribution in [2.24, 2.45) is 0 Å². The molecular weight excluding hydrogens is 366 g/mol. The molecule has 0 saturated heterocycles. The number of hydrogen-bond acceptors (Lipinski definition) is 6. The second-order valence-corrected chi connectivity index (χ2v) is 6.68. The van der Waals surface area contributed by atoms with Crippen LogP contribution in [0.3, 0.4) is 0 Å². The Kier molecular flexibility index (Phi) is 4.43. The summed E-state index contributed by atoms with van der Waals surface area (Å²) in [6.07, 6.45) is 1.44. The molecule has 4 aromatic rings. The van der Waals surface area contributed by atoms with E-state index in [1.807, 2.05) is 30.3 Å². The van der Waals surface area contributed by atoms with Crippen molar-refractivity contribution in [2.45, 2.75) is 10.9 Å². The van der Waals surface area contributed by atoms with E-state index < -0.39 is 4.92 Å². The number of hydrogen-bond donors (Lipinski definition) is 1. The minimum absolute atomic E-state index is 0.0138. The molecule has 2 aromatic carbocycles. The quantitative estimate of drug-likeness (QED) is 0.247. The Morgan fingerprint density at radius 2 is 1.85 bits per heavy atom. The minimum Gasteiger partial charge on any atom is -0.301 e. The van der Waals surface area contributed by atoms with E-state index in [-0.39, 0.29) is 11.2 Å². The summed E-state index contributed by atoms with van der Waals surface area (Å²) in [7, 11) is 0. The van der Waals surface area contributed by atoms with Crippen molar-refractivity contribution in [1.82, 2.24) is 19.7 Å². The average molecular weight is 379 g/mol. The van der Waals surface area contributed by atoms with Gasteiger partial charge < -0.3 is 4.98 Å². The molecule has 134 valence electrons. The van der Waals surface area contributed by atoms with Crippen molar-refractivity contribution in [1.29, 1.82) is 0 Å². The van der Waals surface area contributed by atoms with Crippen molar-refractivity contribution in [3.05, 3.63) is 86.8 Å². The van der Waals surface area contributed by atoms with Gasteiger partial charge in [0.1, 0.15) is 5.39 Å². The van der Waals surface area contributed by atoms with Crippen molar-refractivity contribution in [2.75, 3.05) is 0 Å². The number of fused-ring (bicyclic) bond motifs is 1. The van der Waals surface area contributed by atoms with Gasteiger partial charge in [-0.2, -0.15) is 5.10 Å². The summed E-state index contributed by atoms with van der Waals surface area (Å²) in [5, 5.41) is 15.9. The molecule has 9 heteroatoms. The average Bonchev–Trinajstić information content (AvgIpc) is 3.12. The summed E-state index contributed by atoms with van der Waals surface area (Å²) in [5.41, 5.74) is 1.83. The van der Waals surface area contributed by atoms with Crippen molar-refractivity contribution >= 4 is 28.5 Å². The molecule has 0 bridgehead atoms. The third kappa shape index (κ3) is 3.44. The van der Waals surface area contributed by atoms with Crippen LogP contribution in [0.4, 0.5) is 5.69 Å². The van der Waals surface area contributed by atoms with Crippen LogP contribution in [-0.4, -0.2) is 24.7 Å². The van der Waals surface area contributed by atoms with Gasteiger partial charge in [0.25, 0.3) is 11.2 Å². The lowest BCUT2D eigenvalue weighted by atomic mass is 10.2. The van der Waals surface area contributed by atoms with Gasteiger partial charge in [0.15, 0.2) is 10.8 Å². The molecule has 2 aromatic heterocycles. The molecule has 27 heavy (non-hydrogen) atoms. The topological polar surface area (TPSA) is 107 Å². The fourth-order valence-corrected chi connectivity index (χ4v) is 3.41. The zero-order chi connectivity index (χ0) is 18.8. The number of nitrogens with one attached hydrogen (secondary N) is 1. The second-order valence-electron chi connectivity index (χ2n) is 5.71. The molecule has 0 unspecified atom stereocenters. The van der Waals surface area contributed by atoms with E-state index in [0.717, 1.165) is 5.56 Å². The number of rotatable bonds is 5. The highest BCUT2D eigenvalue weighted by Crippen LogP contribution is 2.22. The van der Waals surface area contributed by atoms with Gasteiger partial charge in [-0.15, -0.1) is 0 Å². The number of nitro groups is 1. The van der Waals surface area contributed by atoms with Crippen LogP contribution in [0.1, 0.15) is 5.56 Å². The predicted molar refractivity (Wildman–Crippen MR) is 102 cm³/mol. The van der Waals surface area contributed by atoms with Gasteiger partial charge in [-0.3, -0.25) is 14.9 Å². The largest absolute Gasteiger partial charge is 0.301 e. The maximum Gasteiger partial charge on any atom is 0.269 e. The van der Waals surface area contributed by atoms with Crippen molar-refractivity contribution < 1.29 is 4.92 Å². The number of nitro benzene ring substituents is 1. The number of aromatic amines is 1. The van der Waals surface area contributed by atoms with E-state index in [1.54, 1.807) is 12.1 Å². The Balaban J connectivity index is 1.69. The maximum absolute atomic E-state index is 12.3. The first-order valence-corrected chi connectivity index (χ1v) is 9.00. The van der Waals surface area contributed by atoms with Crippen LogP contribution in [0.5, 0.6) is 0 Å². The van der Waals surface area contributed by atoms with Gasteiger partial charge in [0.2, 0.25) is 0 Å². The summed E-state index contributed by atoms with van der Waals surface area (Å²) in [5.74, 6) is 0.668. The lowest BCUT2D eigenvalue weighted by molar-refractivity contribution is -0.384. The Morgan fingerprint density at radius 1 is 1.11 bits per heavy atom. The normalized spacial score (nSPS) is 11.0. The lowest BCUT2D eigenvalue weighted by Gasteiger charge is -2.05. The summed E-state index contributed by atoms with van der Waals surface area (Å²) in [6.45, 7) is 0. The van der Waals surface area contributed by atoms with E-state index in [0.29, 0.717) is 27.6 Å². The highest BCUT2D eigenvalue weighted by molar-refractivity contribution is 7.98. The number of aromatic nitrogens is 4. The third-order valence-corrected chi connectivity index (χ3v) is 4.88. The Hall–Kier alpha value is -3.46. The zero-order valence-corrected chi connectivity index (χ0v) is 14.7. The molecule has 0 fully saturated rings. The Labute approximate surface area is 157 Å². The van der Waals surface area contributed by atoms with Crippen LogP contribution < -0.4 is 5.56 Å². The number of benzene rings is 2. The highest BCUT2D eigenvalue weighted by atomic mass is 32.2. The molecule has 0 radical (unpaired) electrons. The number of H-pyrrole nitrogens is 1. The molecule has 1 N–H and O–H groups in total. The summed E-state index contributed by atoms with van der Waals surface area (Å²) >= 11 is 1.42. The molecule has 0 amide bonds. The highest BCUT2D eigenvalue weighted by Gasteiger charge is 2.13. The van der Waals surface area contributed by atoms with Gasteiger partial charge in [-0.25, -0.2) is 9.67 Å². The van der Waals surface area contributed by atoms with E-state index in [2.05, 4.69) is 15.1 Å². The van der Waals surface area contributed by atoms with Crippen LogP contribution in [0.15, 0.2) is 70.7 Å². The first kappa shape index (κ1) is 17.0. The molecule has 0 aliphatic rings. The van der Waals surface area contributed by atoms with E-state index in [1.165, 1.54) is 34.8 Å². The molecule has 0 saturated carbocycles. The van der Waals surface area contributed by atoms with Crippen molar-refractivity contribution in [3.8, 4) is 5.69 Å². The minimum atomic E-state index is -0.466. The monoisotopic (exact) mass is 379 g/mol. The lowest BCUT2D eigenvalue weighted by Crippen LogP contribution is -2.09. The van der Waals surface area contributed by atoms with Crippen LogP contribution in [-0.2, 0) is 5.75 Å². The molecule has 4 rings (SSSR count). The predicted octanol–water partition coefficient (Wildman–Crippen LogP) is 3.31. The van der Waals surface area contributed by atoms with E-state index >= 15 is 0 Å². The molecular formula is C18H13N5O3S. The number of non-ortho nitro benzene ring substituents is 1. The smallest absolute Gasteiger partial charge is 0.269 e. The Bertz CT molecular complexity index is 1170.